The maximum atomic E-state index is 15.3. The Kier molecular flexibility index (Phi) is 6.43. The summed E-state index contributed by atoms with van der Waals surface area (Å²) in [4.78, 5) is 15.3. The van der Waals surface area contributed by atoms with Crippen LogP contribution in [0, 0.1) is 23.1 Å². The van der Waals surface area contributed by atoms with E-state index in [0.717, 1.165) is 69.5 Å². The molecule has 39 heavy (non-hydrogen) atoms. The third kappa shape index (κ3) is 4.55. The van der Waals surface area contributed by atoms with E-state index < -0.39 is 6.04 Å². The van der Waals surface area contributed by atoms with Gasteiger partial charge in [-0.15, -0.1) is 0 Å². The summed E-state index contributed by atoms with van der Waals surface area (Å²) in [5.74, 6) is -0.165. The Morgan fingerprint density at radius 1 is 1.18 bits per heavy atom. The minimum absolute atomic E-state index is 0.138. The summed E-state index contributed by atoms with van der Waals surface area (Å²) in [6.07, 6.45) is 5.22. The summed E-state index contributed by atoms with van der Waals surface area (Å²) >= 11 is 0. The number of nitrogens with zero attached hydrogens (tertiary/aromatic N) is 2. The quantitative estimate of drug-likeness (QED) is 0.596. The molecule has 4 aliphatic heterocycles. The van der Waals surface area contributed by atoms with Crippen molar-refractivity contribution in [3.05, 3.63) is 58.9 Å². The SMILES string of the molecule is N#C[C@H](Cc1ccc(-c2ccc3c(c2)C2(CCN(C4COC4)CC2)OC3)cc1F)NC(=O)[C@H]1N[C@@H]2CC[C@H]1C2. The number of benzene rings is 2. The van der Waals surface area contributed by atoms with Crippen LogP contribution in [0.1, 0.15) is 48.8 Å². The zero-order valence-electron chi connectivity index (χ0n) is 22.1. The van der Waals surface area contributed by atoms with Crippen LogP contribution in [0.5, 0.6) is 0 Å². The summed E-state index contributed by atoms with van der Waals surface area (Å²) in [7, 11) is 0. The number of hydrogen-bond acceptors (Lipinski definition) is 6. The molecule has 1 spiro atoms. The Hall–Kier alpha value is -2.83. The zero-order chi connectivity index (χ0) is 26.6. The zero-order valence-corrected chi connectivity index (χ0v) is 22.1. The molecular weight excluding hydrogens is 495 g/mol. The van der Waals surface area contributed by atoms with Gasteiger partial charge in [-0.2, -0.15) is 5.26 Å². The van der Waals surface area contributed by atoms with Crippen LogP contribution in [-0.2, 0) is 32.9 Å². The van der Waals surface area contributed by atoms with Crippen molar-refractivity contribution >= 4 is 5.91 Å². The van der Waals surface area contributed by atoms with Gasteiger partial charge in [-0.05, 0) is 78.0 Å². The lowest BCUT2D eigenvalue weighted by molar-refractivity contribution is -0.124. The van der Waals surface area contributed by atoms with E-state index in [-0.39, 0.29) is 29.8 Å². The van der Waals surface area contributed by atoms with E-state index in [9.17, 15) is 10.1 Å². The van der Waals surface area contributed by atoms with Gasteiger partial charge in [0.1, 0.15) is 11.9 Å². The van der Waals surface area contributed by atoms with E-state index in [1.54, 1.807) is 12.1 Å². The third-order valence-electron chi connectivity index (χ3n) is 9.77. The van der Waals surface area contributed by atoms with Crippen LogP contribution < -0.4 is 10.6 Å². The molecule has 2 N–H and O–H groups in total. The first-order valence-electron chi connectivity index (χ1n) is 14.4. The molecule has 5 aliphatic rings. The Labute approximate surface area is 228 Å². The Balaban J connectivity index is 1.04. The Morgan fingerprint density at radius 2 is 1.97 bits per heavy atom. The maximum Gasteiger partial charge on any atom is 0.238 e. The average molecular weight is 531 g/mol. The minimum Gasteiger partial charge on any atom is -0.378 e. The van der Waals surface area contributed by atoms with Gasteiger partial charge in [-0.25, -0.2) is 4.39 Å². The van der Waals surface area contributed by atoms with Gasteiger partial charge < -0.3 is 20.1 Å². The number of amides is 1. The van der Waals surface area contributed by atoms with Crippen LogP contribution in [0.2, 0.25) is 0 Å². The lowest BCUT2D eigenvalue weighted by Crippen LogP contribution is -2.54. The highest BCUT2D eigenvalue weighted by Gasteiger charge is 2.45. The highest BCUT2D eigenvalue weighted by Crippen LogP contribution is 2.46. The van der Waals surface area contributed by atoms with E-state index in [1.807, 2.05) is 12.1 Å². The molecule has 7 nitrogen and oxygen atoms in total. The molecule has 0 unspecified atom stereocenters. The fraction of sp³-hybridized carbons (Fsp3) is 0.548. The number of carbonyl (C=O) groups is 1. The molecule has 2 aromatic rings. The first kappa shape index (κ1) is 25.2. The molecule has 2 aromatic carbocycles. The van der Waals surface area contributed by atoms with Gasteiger partial charge in [-0.1, -0.05) is 24.3 Å². The summed E-state index contributed by atoms with van der Waals surface area (Å²) in [6.45, 7) is 4.27. The molecule has 2 bridgehead atoms. The van der Waals surface area contributed by atoms with Crippen molar-refractivity contribution in [3.8, 4) is 17.2 Å². The van der Waals surface area contributed by atoms with Crippen LogP contribution in [0.4, 0.5) is 4.39 Å². The van der Waals surface area contributed by atoms with Crippen LogP contribution in [0.15, 0.2) is 36.4 Å². The molecule has 4 fully saturated rings. The van der Waals surface area contributed by atoms with Crippen LogP contribution >= 0.6 is 0 Å². The van der Waals surface area contributed by atoms with Crippen LogP contribution in [-0.4, -0.2) is 61.3 Å². The van der Waals surface area contributed by atoms with Gasteiger partial charge >= 0.3 is 0 Å². The van der Waals surface area contributed by atoms with Crippen molar-refractivity contribution in [1.29, 1.82) is 5.26 Å². The van der Waals surface area contributed by atoms with Crippen molar-refractivity contribution < 1.29 is 18.7 Å². The van der Waals surface area contributed by atoms with E-state index in [0.29, 0.717) is 30.2 Å². The smallest absolute Gasteiger partial charge is 0.238 e. The fourth-order valence-electron chi connectivity index (χ4n) is 7.35. The van der Waals surface area contributed by atoms with Gasteiger partial charge in [0.15, 0.2) is 0 Å². The summed E-state index contributed by atoms with van der Waals surface area (Å²) < 4.78 is 27.1. The van der Waals surface area contributed by atoms with Crippen molar-refractivity contribution in [2.24, 2.45) is 5.92 Å². The number of rotatable bonds is 6. The molecule has 4 atom stereocenters. The van der Waals surface area contributed by atoms with E-state index in [2.05, 4.69) is 33.7 Å². The first-order chi connectivity index (χ1) is 19.0. The monoisotopic (exact) mass is 530 g/mol. The number of carbonyl (C=O) groups excluding carboxylic acids is 1. The van der Waals surface area contributed by atoms with Crippen molar-refractivity contribution in [2.45, 2.75) is 74.9 Å². The second kappa shape index (κ2) is 9.97. The number of halogens is 1. The van der Waals surface area contributed by atoms with Gasteiger partial charge in [0.25, 0.3) is 0 Å². The molecular formula is C31H35FN4O3. The van der Waals surface area contributed by atoms with Gasteiger partial charge in [0.2, 0.25) is 5.91 Å². The second-order valence-electron chi connectivity index (χ2n) is 12.0. The minimum atomic E-state index is -0.770. The molecule has 0 radical (unpaired) electrons. The number of fused-ring (bicyclic) bond motifs is 4. The van der Waals surface area contributed by atoms with Crippen molar-refractivity contribution in [3.63, 3.8) is 0 Å². The molecule has 8 heteroatoms. The van der Waals surface area contributed by atoms with Crippen LogP contribution in [0.3, 0.4) is 0 Å². The molecule has 204 valence electrons. The summed E-state index contributed by atoms with van der Waals surface area (Å²) in [5, 5.41) is 15.9. The first-order valence-corrected chi connectivity index (χ1v) is 14.4. The highest BCUT2D eigenvalue weighted by molar-refractivity contribution is 5.83. The Bertz CT molecular complexity index is 1310. The van der Waals surface area contributed by atoms with Gasteiger partial charge in [0, 0.05) is 25.6 Å². The lowest BCUT2D eigenvalue weighted by atomic mass is 9.82. The molecule has 3 saturated heterocycles. The number of hydrogen-bond donors (Lipinski definition) is 2. The van der Waals surface area contributed by atoms with Gasteiger partial charge in [-0.3, -0.25) is 9.69 Å². The van der Waals surface area contributed by atoms with Crippen molar-refractivity contribution in [1.82, 2.24) is 15.5 Å². The fourth-order valence-corrected chi connectivity index (χ4v) is 7.35. The van der Waals surface area contributed by atoms with Crippen LogP contribution in [0.25, 0.3) is 11.1 Å². The van der Waals surface area contributed by atoms with E-state index >= 15 is 4.39 Å². The van der Waals surface area contributed by atoms with E-state index in [4.69, 9.17) is 9.47 Å². The highest BCUT2D eigenvalue weighted by atomic mass is 19.1. The predicted molar refractivity (Wildman–Crippen MR) is 143 cm³/mol. The molecule has 1 amide bonds. The lowest BCUT2D eigenvalue weighted by Gasteiger charge is -2.45. The number of piperidine rings is 2. The maximum absolute atomic E-state index is 15.3. The van der Waals surface area contributed by atoms with Gasteiger partial charge in [0.05, 0.1) is 43.6 Å². The number of nitrogens with one attached hydrogen (secondary N) is 2. The molecule has 4 heterocycles. The molecule has 7 rings (SSSR count). The Morgan fingerprint density at radius 3 is 2.64 bits per heavy atom. The third-order valence-corrected chi connectivity index (χ3v) is 9.77. The summed E-state index contributed by atoms with van der Waals surface area (Å²) in [6, 6.07) is 13.6. The summed E-state index contributed by atoms with van der Waals surface area (Å²) in [5.41, 5.74) is 4.38. The van der Waals surface area contributed by atoms with E-state index in [1.165, 1.54) is 11.1 Å². The topological polar surface area (TPSA) is 86.6 Å². The molecule has 1 aliphatic carbocycles. The standard InChI is InChI=1S/C31H35FN4O3/c32-28-14-20(1-3-21(28)11-25(15-33)35-30(37)29-22-5-6-24(12-22)34-29)19-2-4-23-16-39-31(27(23)13-19)7-9-36(10-8-31)26-17-38-18-26/h1-4,13-14,22,24-26,29,34H,5-12,16-18H2,(H,35,37)/t22-,24+,25-,29-/m0/s1. The largest absolute Gasteiger partial charge is 0.378 e. The number of ether oxygens (including phenoxy) is 2. The number of nitriles is 1. The second-order valence-corrected chi connectivity index (χ2v) is 12.0. The number of likely N-dealkylation sites (tertiary alicyclic amines) is 1. The normalized spacial score (nSPS) is 28.2. The van der Waals surface area contributed by atoms with Crippen molar-refractivity contribution in [2.75, 3.05) is 26.3 Å². The molecule has 1 saturated carbocycles. The molecule has 0 aromatic heterocycles. The average Bonchev–Trinajstić information content (AvgIpc) is 3.65. The predicted octanol–water partition coefficient (Wildman–Crippen LogP) is 3.40.